The molecule has 3 N–H and O–H groups in total. The predicted octanol–water partition coefficient (Wildman–Crippen LogP) is 0.348. The van der Waals surface area contributed by atoms with Gasteiger partial charge in [-0.05, 0) is 24.6 Å². The van der Waals surface area contributed by atoms with Crippen LogP contribution in [0, 0.1) is 5.92 Å². The van der Waals surface area contributed by atoms with E-state index >= 15 is 0 Å². The maximum Gasteiger partial charge on any atom is 0.169 e. The topological polar surface area (TPSA) is 65.0 Å². The summed E-state index contributed by atoms with van der Waals surface area (Å²) in [5.41, 5.74) is 0. The van der Waals surface area contributed by atoms with Crippen LogP contribution in [0.25, 0.3) is 0 Å². The Kier molecular flexibility index (Phi) is 6.46. The standard InChI is InChI=1S/C13H26N2O3S/c1-5-6-15(4)13(19)14-9-7-18-12(8(2)3)11(17)10(9)16/h8-12,16-17H,5-7H2,1-4H3,(H,14,19). The molecule has 0 saturated carbocycles. The van der Waals surface area contributed by atoms with Crippen LogP contribution in [-0.2, 0) is 4.74 Å². The summed E-state index contributed by atoms with van der Waals surface area (Å²) in [6.07, 6.45) is -1.07. The molecule has 0 bridgehead atoms. The Labute approximate surface area is 120 Å². The molecular formula is C13H26N2O3S. The minimum absolute atomic E-state index is 0.167. The van der Waals surface area contributed by atoms with Gasteiger partial charge in [-0.2, -0.15) is 0 Å². The van der Waals surface area contributed by atoms with Crippen molar-refractivity contribution >= 4 is 17.3 Å². The molecule has 0 aromatic rings. The van der Waals surface area contributed by atoms with Crippen molar-refractivity contribution in [2.45, 2.75) is 51.5 Å². The fourth-order valence-electron chi connectivity index (χ4n) is 2.26. The highest BCUT2D eigenvalue weighted by Gasteiger charge is 2.40. The smallest absolute Gasteiger partial charge is 0.169 e. The third kappa shape index (κ3) is 4.27. The monoisotopic (exact) mass is 290 g/mol. The van der Waals surface area contributed by atoms with Crippen LogP contribution >= 0.6 is 12.2 Å². The largest absolute Gasteiger partial charge is 0.388 e. The second kappa shape index (κ2) is 7.38. The van der Waals surface area contributed by atoms with Crippen LogP contribution in [0.3, 0.4) is 0 Å². The molecule has 0 aromatic heterocycles. The number of nitrogens with zero attached hydrogens (tertiary/aromatic N) is 1. The molecule has 0 aliphatic carbocycles. The van der Waals surface area contributed by atoms with E-state index < -0.39 is 12.2 Å². The first-order valence-electron chi connectivity index (χ1n) is 6.87. The molecule has 19 heavy (non-hydrogen) atoms. The summed E-state index contributed by atoms with van der Waals surface area (Å²) >= 11 is 5.26. The Morgan fingerprint density at radius 3 is 2.58 bits per heavy atom. The summed E-state index contributed by atoms with van der Waals surface area (Å²) < 4.78 is 5.62. The van der Waals surface area contributed by atoms with Gasteiger partial charge in [0.1, 0.15) is 12.2 Å². The Balaban J connectivity index is 2.55. The van der Waals surface area contributed by atoms with Crippen molar-refractivity contribution in [3.8, 4) is 0 Å². The Morgan fingerprint density at radius 1 is 1.42 bits per heavy atom. The molecular weight excluding hydrogens is 264 g/mol. The second-order valence-electron chi connectivity index (χ2n) is 5.50. The van der Waals surface area contributed by atoms with E-state index in [0.29, 0.717) is 11.7 Å². The van der Waals surface area contributed by atoms with Gasteiger partial charge in [-0.1, -0.05) is 20.8 Å². The molecule has 4 unspecified atom stereocenters. The highest BCUT2D eigenvalue weighted by atomic mass is 32.1. The average Bonchev–Trinajstić information content (AvgIpc) is 2.34. The van der Waals surface area contributed by atoms with E-state index in [9.17, 15) is 10.2 Å². The van der Waals surface area contributed by atoms with E-state index in [1.54, 1.807) is 0 Å². The van der Waals surface area contributed by atoms with Gasteiger partial charge in [0, 0.05) is 13.6 Å². The predicted molar refractivity (Wildman–Crippen MR) is 79.0 cm³/mol. The summed E-state index contributed by atoms with van der Waals surface area (Å²) in [6, 6.07) is -0.364. The van der Waals surface area contributed by atoms with E-state index in [1.165, 1.54) is 0 Å². The van der Waals surface area contributed by atoms with Crippen LogP contribution in [-0.4, -0.2) is 64.8 Å². The molecule has 5 nitrogen and oxygen atoms in total. The summed E-state index contributed by atoms with van der Waals surface area (Å²) in [7, 11) is 1.91. The SMILES string of the molecule is CCCN(C)C(=S)NC1COC(C(C)C)C(O)C1O. The summed E-state index contributed by atoms with van der Waals surface area (Å²) in [6.45, 7) is 7.21. The first-order chi connectivity index (χ1) is 8.88. The molecule has 1 aliphatic heterocycles. The van der Waals surface area contributed by atoms with Crippen LogP contribution in [0.15, 0.2) is 0 Å². The molecule has 112 valence electrons. The average molecular weight is 290 g/mol. The first-order valence-corrected chi connectivity index (χ1v) is 7.28. The molecule has 1 saturated heterocycles. The first kappa shape index (κ1) is 16.6. The third-order valence-electron chi connectivity index (χ3n) is 3.44. The van der Waals surface area contributed by atoms with Crippen LogP contribution in [0.4, 0.5) is 0 Å². The lowest BCUT2D eigenvalue weighted by atomic mass is 9.91. The minimum Gasteiger partial charge on any atom is -0.388 e. The molecule has 0 aromatic carbocycles. The maximum absolute atomic E-state index is 10.1. The van der Waals surface area contributed by atoms with Gasteiger partial charge in [0.2, 0.25) is 0 Å². The number of hydrogen-bond donors (Lipinski definition) is 3. The van der Waals surface area contributed by atoms with Crippen LogP contribution in [0.2, 0.25) is 0 Å². The number of ether oxygens (including phenoxy) is 1. The van der Waals surface area contributed by atoms with Gasteiger partial charge >= 0.3 is 0 Å². The lowest BCUT2D eigenvalue weighted by Crippen LogP contribution is -2.61. The van der Waals surface area contributed by atoms with Crippen molar-refractivity contribution in [2.24, 2.45) is 5.92 Å². The van der Waals surface area contributed by atoms with Gasteiger partial charge < -0.3 is 25.2 Å². The molecule has 0 amide bonds. The zero-order valence-electron chi connectivity index (χ0n) is 12.2. The molecule has 1 fully saturated rings. The number of hydrogen-bond acceptors (Lipinski definition) is 4. The van der Waals surface area contributed by atoms with E-state index in [2.05, 4.69) is 12.2 Å². The van der Waals surface area contributed by atoms with Crippen molar-refractivity contribution < 1.29 is 14.9 Å². The summed E-state index contributed by atoms with van der Waals surface area (Å²) in [5, 5.41) is 23.8. The number of rotatable bonds is 4. The van der Waals surface area contributed by atoms with E-state index in [0.717, 1.165) is 13.0 Å². The Bertz CT molecular complexity index is 302. The molecule has 1 rings (SSSR count). The van der Waals surface area contributed by atoms with Crippen molar-refractivity contribution in [1.82, 2.24) is 10.2 Å². The zero-order chi connectivity index (χ0) is 14.6. The van der Waals surface area contributed by atoms with Crippen LogP contribution in [0.1, 0.15) is 27.2 Å². The number of thiocarbonyl (C=S) groups is 1. The fraction of sp³-hybridized carbons (Fsp3) is 0.923. The van der Waals surface area contributed by atoms with Gasteiger partial charge in [0.15, 0.2) is 5.11 Å². The molecule has 1 aliphatic rings. The molecule has 0 spiro atoms. The zero-order valence-corrected chi connectivity index (χ0v) is 13.0. The maximum atomic E-state index is 10.1. The molecule has 6 heteroatoms. The fourth-order valence-corrected chi connectivity index (χ4v) is 2.51. The van der Waals surface area contributed by atoms with Crippen LogP contribution < -0.4 is 5.32 Å². The third-order valence-corrected chi connectivity index (χ3v) is 3.87. The second-order valence-corrected chi connectivity index (χ2v) is 5.89. The lowest BCUT2D eigenvalue weighted by molar-refractivity contribution is -0.161. The van der Waals surface area contributed by atoms with E-state index in [-0.39, 0.29) is 18.1 Å². The van der Waals surface area contributed by atoms with Crippen molar-refractivity contribution in [3.63, 3.8) is 0 Å². The Hall–Kier alpha value is -0.430. The minimum atomic E-state index is -0.884. The molecule has 1 heterocycles. The lowest BCUT2D eigenvalue weighted by Gasteiger charge is -2.40. The molecule has 0 radical (unpaired) electrons. The highest BCUT2D eigenvalue weighted by Crippen LogP contribution is 2.21. The molecule has 4 atom stereocenters. The Morgan fingerprint density at radius 2 is 2.05 bits per heavy atom. The van der Waals surface area contributed by atoms with E-state index in [1.807, 2.05) is 25.8 Å². The number of nitrogens with one attached hydrogen (secondary N) is 1. The van der Waals surface area contributed by atoms with Gasteiger partial charge in [-0.15, -0.1) is 0 Å². The van der Waals surface area contributed by atoms with Crippen molar-refractivity contribution in [2.75, 3.05) is 20.2 Å². The summed E-state index contributed by atoms with van der Waals surface area (Å²) in [4.78, 5) is 1.92. The van der Waals surface area contributed by atoms with Gasteiger partial charge in [0.05, 0.1) is 18.8 Å². The highest BCUT2D eigenvalue weighted by molar-refractivity contribution is 7.80. The number of aliphatic hydroxyl groups is 2. The van der Waals surface area contributed by atoms with Gasteiger partial charge in [0.25, 0.3) is 0 Å². The van der Waals surface area contributed by atoms with Crippen molar-refractivity contribution in [3.05, 3.63) is 0 Å². The quantitative estimate of drug-likeness (QED) is 0.649. The number of aliphatic hydroxyl groups excluding tert-OH is 2. The van der Waals surface area contributed by atoms with Gasteiger partial charge in [-0.3, -0.25) is 0 Å². The van der Waals surface area contributed by atoms with E-state index in [4.69, 9.17) is 17.0 Å². The normalized spacial score (nSPS) is 31.3. The summed E-state index contributed by atoms with van der Waals surface area (Å²) in [5.74, 6) is 0.167. The van der Waals surface area contributed by atoms with Crippen LogP contribution in [0.5, 0.6) is 0 Å². The van der Waals surface area contributed by atoms with Gasteiger partial charge in [-0.25, -0.2) is 0 Å². The van der Waals surface area contributed by atoms with Crippen molar-refractivity contribution in [1.29, 1.82) is 0 Å².